The van der Waals surface area contributed by atoms with Crippen LogP contribution in [0.5, 0.6) is 0 Å². The van der Waals surface area contributed by atoms with E-state index in [1.54, 1.807) is 0 Å². The highest BCUT2D eigenvalue weighted by Gasteiger charge is 1.97. The Hall–Kier alpha value is -0.600. The smallest absolute Gasteiger partial charge is 0.0177 e. The lowest BCUT2D eigenvalue weighted by molar-refractivity contribution is 0.579. The summed E-state index contributed by atoms with van der Waals surface area (Å²) in [6, 6.07) is 17.4. The minimum absolute atomic E-state index is 1.17. The van der Waals surface area contributed by atoms with Crippen molar-refractivity contribution in [3.05, 3.63) is 68.6 Å². The summed E-state index contributed by atoms with van der Waals surface area (Å²) in [5, 5.41) is 0. The second kappa shape index (κ2) is 11.0. The molecule has 0 heterocycles. The quantitative estimate of drug-likeness (QED) is 0.333. The number of aryl methyl sites for hydroxylation is 2. The van der Waals surface area contributed by atoms with Crippen LogP contribution >= 0.6 is 31.9 Å². The van der Waals surface area contributed by atoms with E-state index in [9.17, 15) is 0 Å². The van der Waals surface area contributed by atoms with E-state index in [2.05, 4.69) is 80.4 Å². The van der Waals surface area contributed by atoms with Crippen LogP contribution in [0.3, 0.4) is 0 Å². The van der Waals surface area contributed by atoms with Gasteiger partial charge in [0, 0.05) is 8.95 Å². The lowest BCUT2D eigenvalue weighted by Crippen LogP contribution is -1.88. The van der Waals surface area contributed by atoms with Crippen LogP contribution in [0, 0.1) is 0 Å². The van der Waals surface area contributed by atoms with Crippen molar-refractivity contribution in [3.63, 3.8) is 0 Å². The van der Waals surface area contributed by atoms with E-state index >= 15 is 0 Å². The van der Waals surface area contributed by atoms with Gasteiger partial charge in [0.2, 0.25) is 0 Å². The molecule has 2 aromatic carbocycles. The molecule has 0 aliphatic carbocycles. The van der Waals surface area contributed by atoms with Crippen molar-refractivity contribution in [1.82, 2.24) is 0 Å². The zero-order chi connectivity index (χ0) is 16.3. The molecule has 2 heteroatoms. The maximum atomic E-state index is 3.54. The number of hydrogen-bond donors (Lipinski definition) is 0. The van der Waals surface area contributed by atoms with Crippen LogP contribution in [-0.2, 0) is 12.8 Å². The highest BCUT2D eigenvalue weighted by atomic mass is 79.9. The lowest BCUT2D eigenvalue weighted by atomic mass is 10.0. The van der Waals surface area contributed by atoms with Gasteiger partial charge < -0.3 is 0 Å². The van der Waals surface area contributed by atoms with Crippen molar-refractivity contribution in [1.29, 1.82) is 0 Å². The van der Waals surface area contributed by atoms with E-state index in [1.807, 2.05) is 0 Å². The highest BCUT2D eigenvalue weighted by molar-refractivity contribution is 9.10. The zero-order valence-corrected chi connectivity index (χ0v) is 16.9. The molecule has 0 aliphatic heterocycles. The number of halogens is 2. The summed E-state index contributed by atoms with van der Waals surface area (Å²) >= 11 is 7.02. The SMILES string of the molecule is Brc1ccc(CCCCCCCCCc2cccc(Br)c2)cc1. The largest absolute Gasteiger partial charge is 0.0609 e. The summed E-state index contributed by atoms with van der Waals surface area (Å²) in [5.41, 5.74) is 2.91. The molecule has 124 valence electrons. The molecule has 0 radical (unpaired) electrons. The Kier molecular flexibility index (Phi) is 8.99. The number of hydrogen-bond acceptors (Lipinski definition) is 0. The van der Waals surface area contributed by atoms with Crippen molar-refractivity contribution in [3.8, 4) is 0 Å². The molecule has 2 rings (SSSR count). The van der Waals surface area contributed by atoms with Crippen molar-refractivity contribution < 1.29 is 0 Å². The fourth-order valence-electron chi connectivity index (χ4n) is 2.89. The molecule has 0 aliphatic rings. The van der Waals surface area contributed by atoms with Gasteiger partial charge in [-0.25, -0.2) is 0 Å². The van der Waals surface area contributed by atoms with E-state index in [-0.39, 0.29) is 0 Å². The molecule has 0 N–H and O–H groups in total. The first-order valence-electron chi connectivity index (χ1n) is 8.73. The second-order valence-electron chi connectivity index (χ2n) is 6.23. The van der Waals surface area contributed by atoms with Crippen LogP contribution in [0.1, 0.15) is 56.1 Å². The van der Waals surface area contributed by atoms with Gasteiger partial charge in [-0.3, -0.25) is 0 Å². The molecule has 0 saturated carbocycles. The Labute approximate surface area is 158 Å². The van der Waals surface area contributed by atoms with Gasteiger partial charge >= 0.3 is 0 Å². The van der Waals surface area contributed by atoms with Gasteiger partial charge in [-0.2, -0.15) is 0 Å². The number of unbranched alkanes of at least 4 members (excludes halogenated alkanes) is 6. The Bertz CT molecular complexity index is 560. The van der Waals surface area contributed by atoms with Crippen LogP contribution < -0.4 is 0 Å². The second-order valence-corrected chi connectivity index (χ2v) is 8.06. The minimum atomic E-state index is 1.17. The maximum absolute atomic E-state index is 3.54. The van der Waals surface area contributed by atoms with Crippen LogP contribution in [0.2, 0.25) is 0 Å². The predicted octanol–water partition coefficient (Wildman–Crippen LogP) is 7.73. The average molecular weight is 438 g/mol. The van der Waals surface area contributed by atoms with Gasteiger partial charge in [0.25, 0.3) is 0 Å². The summed E-state index contributed by atoms with van der Waals surface area (Å²) in [4.78, 5) is 0. The van der Waals surface area contributed by atoms with Gasteiger partial charge in [-0.1, -0.05) is 88.2 Å². The standard InChI is InChI=1S/C21H26Br2/c22-20-15-13-18(14-16-20)9-6-4-2-1-3-5-7-10-19-11-8-12-21(23)17-19/h8,11-17H,1-7,9-10H2. The Morgan fingerprint density at radius 2 is 1.09 bits per heavy atom. The topological polar surface area (TPSA) is 0 Å². The molecule has 0 amide bonds. The zero-order valence-electron chi connectivity index (χ0n) is 13.7. The molecule has 0 aromatic heterocycles. The van der Waals surface area contributed by atoms with Crippen molar-refractivity contribution in [2.45, 2.75) is 57.8 Å². The molecular weight excluding hydrogens is 412 g/mol. The van der Waals surface area contributed by atoms with Gasteiger partial charge in [0.1, 0.15) is 0 Å². The summed E-state index contributed by atoms with van der Waals surface area (Å²) in [5.74, 6) is 0. The molecule has 0 bridgehead atoms. The first-order valence-corrected chi connectivity index (χ1v) is 10.3. The Balaban J connectivity index is 1.44. The molecule has 0 unspecified atom stereocenters. The highest BCUT2D eigenvalue weighted by Crippen LogP contribution is 2.16. The number of rotatable bonds is 10. The third kappa shape index (κ3) is 8.17. The van der Waals surface area contributed by atoms with E-state index in [1.165, 1.54) is 77.9 Å². The van der Waals surface area contributed by atoms with Crippen LogP contribution in [0.15, 0.2) is 57.5 Å². The molecule has 2 aromatic rings. The van der Waals surface area contributed by atoms with Crippen LogP contribution in [-0.4, -0.2) is 0 Å². The van der Waals surface area contributed by atoms with Crippen LogP contribution in [0.4, 0.5) is 0 Å². The first kappa shape index (κ1) is 18.7. The predicted molar refractivity (Wildman–Crippen MR) is 108 cm³/mol. The molecule has 23 heavy (non-hydrogen) atoms. The fraction of sp³-hybridized carbons (Fsp3) is 0.429. The monoisotopic (exact) mass is 436 g/mol. The average Bonchev–Trinajstić information content (AvgIpc) is 2.55. The van der Waals surface area contributed by atoms with E-state index in [4.69, 9.17) is 0 Å². The van der Waals surface area contributed by atoms with Crippen molar-refractivity contribution in [2.24, 2.45) is 0 Å². The van der Waals surface area contributed by atoms with Crippen LogP contribution in [0.25, 0.3) is 0 Å². The van der Waals surface area contributed by atoms with Gasteiger partial charge in [-0.15, -0.1) is 0 Å². The van der Waals surface area contributed by atoms with E-state index < -0.39 is 0 Å². The molecule has 0 saturated heterocycles. The summed E-state index contributed by atoms with van der Waals surface area (Å²) in [7, 11) is 0. The Morgan fingerprint density at radius 3 is 1.70 bits per heavy atom. The minimum Gasteiger partial charge on any atom is -0.0609 e. The molecular formula is C21H26Br2. The third-order valence-corrected chi connectivity index (χ3v) is 5.26. The van der Waals surface area contributed by atoms with E-state index in [0.717, 1.165) is 0 Å². The lowest BCUT2D eigenvalue weighted by Gasteiger charge is -2.04. The van der Waals surface area contributed by atoms with Gasteiger partial charge in [0.05, 0.1) is 0 Å². The van der Waals surface area contributed by atoms with Gasteiger partial charge in [0.15, 0.2) is 0 Å². The third-order valence-electron chi connectivity index (χ3n) is 4.23. The molecule has 0 fully saturated rings. The van der Waals surface area contributed by atoms with Crippen molar-refractivity contribution >= 4 is 31.9 Å². The summed E-state index contributed by atoms with van der Waals surface area (Å²) in [6.45, 7) is 0. The maximum Gasteiger partial charge on any atom is 0.0177 e. The molecule has 0 nitrogen and oxygen atoms in total. The van der Waals surface area contributed by atoms with Gasteiger partial charge in [-0.05, 0) is 61.1 Å². The molecule has 0 atom stereocenters. The molecule has 0 spiro atoms. The summed E-state index contributed by atoms with van der Waals surface area (Å²) in [6.07, 6.45) is 11.9. The first-order chi connectivity index (χ1) is 11.2. The number of benzene rings is 2. The normalized spacial score (nSPS) is 10.9. The Morgan fingerprint density at radius 1 is 0.522 bits per heavy atom. The van der Waals surface area contributed by atoms with E-state index in [0.29, 0.717) is 0 Å². The summed E-state index contributed by atoms with van der Waals surface area (Å²) < 4.78 is 2.37. The fourth-order valence-corrected chi connectivity index (χ4v) is 3.60. The van der Waals surface area contributed by atoms with Crippen molar-refractivity contribution in [2.75, 3.05) is 0 Å².